The first-order valence-electron chi connectivity index (χ1n) is 10.6. The fourth-order valence-corrected chi connectivity index (χ4v) is 3.76. The van der Waals surface area contributed by atoms with Crippen LogP contribution in [0.3, 0.4) is 0 Å². The van der Waals surface area contributed by atoms with E-state index in [-0.39, 0.29) is 47.2 Å². The van der Waals surface area contributed by atoms with Gasteiger partial charge in [-0.3, -0.25) is 9.59 Å². The largest absolute Gasteiger partial charge is 0.469 e. The predicted octanol–water partition coefficient (Wildman–Crippen LogP) is 4.15. The molecular formula is C25H19ClFN5O3. The second-order valence-corrected chi connectivity index (χ2v) is 7.98. The van der Waals surface area contributed by atoms with Crippen LogP contribution in [0, 0.1) is 17.3 Å². The summed E-state index contributed by atoms with van der Waals surface area (Å²) in [4.78, 5) is 28.3. The Morgan fingerprint density at radius 1 is 1.20 bits per heavy atom. The van der Waals surface area contributed by atoms with Gasteiger partial charge in [-0.2, -0.15) is 14.8 Å². The molecule has 176 valence electrons. The van der Waals surface area contributed by atoms with E-state index < -0.39 is 11.9 Å². The molecule has 0 fully saturated rings. The van der Waals surface area contributed by atoms with Crippen molar-refractivity contribution in [1.82, 2.24) is 14.8 Å². The maximum atomic E-state index is 15.2. The molecule has 0 saturated heterocycles. The lowest BCUT2D eigenvalue weighted by Crippen LogP contribution is -2.24. The maximum absolute atomic E-state index is 15.2. The number of carbonyl (C=O) groups excluding carboxylic acids is 1. The van der Waals surface area contributed by atoms with Crippen LogP contribution < -0.4 is 10.9 Å². The van der Waals surface area contributed by atoms with Crippen LogP contribution in [0.1, 0.15) is 17.5 Å². The van der Waals surface area contributed by atoms with Crippen molar-refractivity contribution >= 4 is 34.2 Å². The number of nitriles is 1. The van der Waals surface area contributed by atoms with Crippen molar-refractivity contribution in [3.63, 3.8) is 0 Å². The number of methoxy groups -OCH3 is 1. The summed E-state index contributed by atoms with van der Waals surface area (Å²) in [5.41, 5.74) is 1.15. The zero-order chi connectivity index (χ0) is 24.9. The average Bonchev–Trinajstić information content (AvgIpc) is 2.88. The van der Waals surface area contributed by atoms with Crippen molar-refractivity contribution in [2.45, 2.75) is 13.0 Å². The van der Waals surface area contributed by atoms with Crippen LogP contribution in [0.25, 0.3) is 22.0 Å². The molecule has 10 heteroatoms. The lowest BCUT2D eigenvalue weighted by Gasteiger charge is -2.13. The number of benzene rings is 2. The summed E-state index contributed by atoms with van der Waals surface area (Å²) >= 11 is 6.35. The number of carbonyl (C=O) groups is 1. The van der Waals surface area contributed by atoms with E-state index in [1.54, 1.807) is 48.5 Å². The standard InChI is InChI=1S/C25H19ClFN5O3/c1-35-21(33)10-11-29-24-20(26)12-19(23(27)30-24)22-17-4-2-3-5-18(17)25(34)32(31-22)14-16-8-6-15(13-28)7-9-16/h2-9,12H,10-11,14H2,1H3,(H,29,30). The van der Waals surface area contributed by atoms with Gasteiger partial charge in [0.05, 0.1) is 47.7 Å². The first kappa shape index (κ1) is 23.9. The van der Waals surface area contributed by atoms with E-state index in [0.29, 0.717) is 16.3 Å². The molecule has 2 aromatic heterocycles. The molecule has 4 aromatic rings. The topological polar surface area (TPSA) is 110 Å². The predicted molar refractivity (Wildman–Crippen MR) is 130 cm³/mol. The van der Waals surface area contributed by atoms with Crippen molar-refractivity contribution in [2.75, 3.05) is 19.0 Å². The number of aromatic nitrogens is 3. The second-order valence-electron chi connectivity index (χ2n) is 7.58. The van der Waals surface area contributed by atoms with Gasteiger partial charge in [0.15, 0.2) is 0 Å². The fourth-order valence-electron chi connectivity index (χ4n) is 3.54. The second kappa shape index (κ2) is 10.3. The zero-order valence-electron chi connectivity index (χ0n) is 18.6. The number of hydrogen-bond donors (Lipinski definition) is 1. The van der Waals surface area contributed by atoms with Crippen molar-refractivity contribution < 1.29 is 13.9 Å². The number of hydrogen-bond acceptors (Lipinski definition) is 7. The number of halogens is 2. The number of pyridine rings is 1. The van der Waals surface area contributed by atoms with Gasteiger partial charge in [-0.05, 0) is 29.8 Å². The smallest absolute Gasteiger partial charge is 0.307 e. The first-order chi connectivity index (χ1) is 16.9. The van der Waals surface area contributed by atoms with Crippen LogP contribution >= 0.6 is 11.6 Å². The monoisotopic (exact) mass is 491 g/mol. The van der Waals surface area contributed by atoms with Gasteiger partial charge < -0.3 is 10.1 Å². The number of rotatable bonds is 7. The third kappa shape index (κ3) is 5.13. The minimum Gasteiger partial charge on any atom is -0.469 e. The van der Waals surface area contributed by atoms with Gasteiger partial charge in [0, 0.05) is 11.9 Å². The van der Waals surface area contributed by atoms with Crippen LogP contribution in [-0.4, -0.2) is 34.4 Å². The van der Waals surface area contributed by atoms with Crippen molar-refractivity contribution in [3.05, 3.63) is 87.0 Å². The van der Waals surface area contributed by atoms with E-state index in [1.165, 1.54) is 17.9 Å². The van der Waals surface area contributed by atoms with Gasteiger partial charge >= 0.3 is 5.97 Å². The van der Waals surface area contributed by atoms with Gasteiger partial charge in [0.1, 0.15) is 11.5 Å². The summed E-state index contributed by atoms with van der Waals surface area (Å²) < 4.78 is 21.0. The van der Waals surface area contributed by atoms with Crippen LogP contribution in [0.5, 0.6) is 0 Å². The van der Waals surface area contributed by atoms with E-state index >= 15 is 4.39 Å². The lowest BCUT2D eigenvalue weighted by atomic mass is 10.1. The third-order valence-corrected chi connectivity index (χ3v) is 5.61. The molecule has 2 aromatic carbocycles. The molecule has 0 aliphatic heterocycles. The number of fused-ring (bicyclic) bond motifs is 1. The molecule has 8 nitrogen and oxygen atoms in total. The number of esters is 1. The maximum Gasteiger partial charge on any atom is 0.307 e. The Balaban J connectivity index is 1.76. The summed E-state index contributed by atoms with van der Waals surface area (Å²) in [7, 11) is 1.28. The Kier molecular flexibility index (Phi) is 7.03. The molecule has 0 aliphatic rings. The first-order valence-corrected chi connectivity index (χ1v) is 10.9. The molecule has 0 amide bonds. The number of nitrogens with one attached hydrogen (secondary N) is 1. The highest BCUT2D eigenvalue weighted by Crippen LogP contribution is 2.31. The zero-order valence-corrected chi connectivity index (χ0v) is 19.3. The number of anilines is 1. The van der Waals surface area contributed by atoms with Crippen LogP contribution in [0.2, 0.25) is 5.02 Å². The highest BCUT2D eigenvalue weighted by molar-refractivity contribution is 6.33. The lowest BCUT2D eigenvalue weighted by molar-refractivity contribution is -0.140. The van der Waals surface area contributed by atoms with Crippen LogP contribution in [-0.2, 0) is 16.1 Å². The van der Waals surface area contributed by atoms with Gasteiger partial charge in [-0.1, -0.05) is 41.9 Å². The molecule has 0 unspecified atom stereocenters. The molecule has 0 bridgehead atoms. The highest BCUT2D eigenvalue weighted by atomic mass is 35.5. The van der Waals surface area contributed by atoms with Gasteiger partial charge in [-0.15, -0.1) is 0 Å². The van der Waals surface area contributed by atoms with E-state index in [4.69, 9.17) is 16.9 Å². The van der Waals surface area contributed by atoms with Gasteiger partial charge in [0.2, 0.25) is 5.95 Å². The minimum absolute atomic E-state index is 0.0262. The van der Waals surface area contributed by atoms with E-state index in [0.717, 1.165) is 5.56 Å². The summed E-state index contributed by atoms with van der Waals surface area (Å²) in [6.07, 6.45) is 0.0599. The molecular weight excluding hydrogens is 473 g/mol. The molecule has 4 rings (SSSR count). The van der Waals surface area contributed by atoms with E-state index in [1.807, 2.05) is 6.07 Å². The van der Waals surface area contributed by atoms with Crippen LogP contribution in [0.4, 0.5) is 10.2 Å². The molecule has 0 spiro atoms. The summed E-state index contributed by atoms with van der Waals surface area (Å²) in [5, 5.41) is 17.2. The Bertz CT molecular complexity index is 1510. The highest BCUT2D eigenvalue weighted by Gasteiger charge is 2.19. The van der Waals surface area contributed by atoms with Crippen LogP contribution in [0.15, 0.2) is 59.4 Å². The summed E-state index contributed by atoms with van der Waals surface area (Å²) in [6.45, 7) is 0.285. The molecule has 2 heterocycles. The normalized spacial score (nSPS) is 10.7. The number of nitrogens with zero attached hydrogens (tertiary/aromatic N) is 4. The Morgan fingerprint density at radius 3 is 2.60 bits per heavy atom. The quantitative estimate of drug-likeness (QED) is 0.305. The summed E-state index contributed by atoms with van der Waals surface area (Å²) in [5.74, 6) is -1.19. The van der Waals surface area contributed by atoms with E-state index in [2.05, 4.69) is 20.1 Å². The van der Waals surface area contributed by atoms with Crippen molar-refractivity contribution in [1.29, 1.82) is 5.26 Å². The third-order valence-electron chi connectivity index (χ3n) is 5.32. The molecule has 0 saturated carbocycles. The molecule has 0 aliphatic carbocycles. The molecule has 0 radical (unpaired) electrons. The number of ether oxygens (including phenoxy) is 1. The average molecular weight is 492 g/mol. The Labute approximate surface area is 204 Å². The van der Waals surface area contributed by atoms with Crippen molar-refractivity contribution in [3.8, 4) is 17.3 Å². The van der Waals surface area contributed by atoms with E-state index in [9.17, 15) is 9.59 Å². The van der Waals surface area contributed by atoms with Crippen molar-refractivity contribution in [2.24, 2.45) is 0 Å². The van der Waals surface area contributed by atoms with Gasteiger partial charge in [0.25, 0.3) is 5.56 Å². The Hall–Kier alpha value is -4.29. The molecule has 35 heavy (non-hydrogen) atoms. The minimum atomic E-state index is -0.837. The molecule has 1 N–H and O–H groups in total. The van der Waals surface area contributed by atoms with Gasteiger partial charge in [-0.25, -0.2) is 9.67 Å². The Morgan fingerprint density at radius 2 is 1.91 bits per heavy atom. The molecule has 0 atom stereocenters. The summed E-state index contributed by atoms with van der Waals surface area (Å²) in [6, 6.07) is 17.0. The fraction of sp³-hybridized carbons (Fsp3) is 0.160. The SMILES string of the molecule is COC(=O)CCNc1nc(F)c(-c2nn(Cc3ccc(C#N)cc3)c(=O)c3ccccc23)cc1Cl.